The first kappa shape index (κ1) is 28.8. The zero-order valence-corrected chi connectivity index (χ0v) is 21.6. The average molecular weight is 544 g/mol. The largest absolute Gasteiger partial charge is 0.443 e. The quantitative estimate of drug-likeness (QED) is 0.245. The third-order valence-corrected chi connectivity index (χ3v) is 7.47. The van der Waals surface area contributed by atoms with Crippen LogP contribution in [0.3, 0.4) is 0 Å². The van der Waals surface area contributed by atoms with E-state index < -0.39 is 57.0 Å². The van der Waals surface area contributed by atoms with E-state index in [1.54, 1.807) is 12.1 Å². The summed E-state index contributed by atoms with van der Waals surface area (Å²) in [4.78, 5) is 37.8. The zero-order chi connectivity index (χ0) is 27.4. The molecule has 4 atom stereocenters. The van der Waals surface area contributed by atoms with Crippen molar-refractivity contribution in [3.8, 4) is 0 Å². The molecule has 11 nitrogen and oxygen atoms in total. The fourth-order valence-electron chi connectivity index (χ4n) is 4.46. The van der Waals surface area contributed by atoms with Gasteiger partial charge in [-0.1, -0.05) is 26.0 Å². The summed E-state index contributed by atoms with van der Waals surface area (Å²) in [5.74, 6) is -2.28. The molecule has 1 aliphatic heterocycles. The maximum absolute atomic E-state index is 13.5. The summed E-state index contributed by atoms with van der Waals surface area (Å²) >= 11 is 0. The SMILES string of the molecule is CC(C)C[C@H](NC(=O)OC1(Cc2cccc(F)c2)CC1)C(=O)N[C@@H](C[C@@H]1CCNC1=O)C(O)S(=O)(=O)O. The lowest BCUT2D eigenvalue weighted by Gasteiger charge is -2.28. The number of aliphatic hydroxyl groups is 1. The van der Waals surface area contributed by atoms with Gasteiger partial charge in [0.1, 0.15) is 17.5 Å². The Bertz CT molecular complexity index is 1110. The highest BCUT2D eigenvalue weighted by Gasteiger charge is 2.47. The highest BCUT2D eigenvalue weighted by atomic mass is 32.2. The van der Waals surface area contributed by atoms with Crippen molar-refractivity contribution in [2.45, 2.75) is 75.5 Å². The number of alkyl carbamates (subject to hydrolysis) is 1. The third kappa shape index (κ3) is 8.37. The van der Waals surface area contributed by atoms with Gasteiger partial charge >= 0.3 is 6.09 Å². The van der Waals surface area contributed by atoms with Gasteiger partial charge in [-0.2, -0.15) is 8.42 Å². The molecule has 1 saturated heterocycles. The molecule has 1 unspecified atom stereocenters. The van der Waals surface area contributed by atoms with E-state index in [2.05, 4.69) is 16.0 Å². The number of rotatable bonds is 12. The molecular weight excluding hydrogens is 509 g/mol. The smallest absolute Gasteiger partial charge is 0.408 e. The lowest BCUT2D eigenvalue weighted by Crippen LogP contribution is -2.55. The molecular formula is C24H34FN3O8S. The zero-order valence-electron chi connectivity index (χ0n) is 20.8. The minimum Gasteiger partial charge on any atom is -0.443 e. The summed E-state index contributed by atoms with van der Waals surface area (Å²) in [6, 6.07) is 3.33. The van der Waals surface area contributed by atoms with Crippen LogP contribution in [-0.2, 0) is 30.9 Å². The standard InChI is InChI=1S/C24H34FN3O8S/c1-14(2)10-18(28-23(32)36-24(7-8-24)13-15-4-3-5-17(25)11-15)21(30)27-19(22(31)37(33,34)35)12-16-6-9-26-20(16)29/h3-5,11,14,16,18-19,22,31H,6-10,12-13H2,1-2H3,(H,26,29)(H,27,30)(H,28,32)(H,33,34,35)/t16-,18-,19-,22?/m0/s1. The van der Waals surface area contributed by atoms with Crippen molar-refractivity contribution < 1.29 is 41.6 Å². The normalized spacial score (nSPS) is 21.0. The topological polar surface area (TPSA) is 171 Å². The van der Waals surface area contributed by atoms with E-state index in [4.69, 9.17) is 4.74 Å². The summed E-state index contributed by atoms with van der Waals surface area (Å²) in [6.45, 7) is 3.99. The van der Waals surface area contributed by atoms with Gasteiger partial charge in [-0.25, -0.2) is 9.18 Å². The van der Waals surface area contributed by atoms with Gasteiger partial charge in [0.2, 0.25) is 17.3 Å². The van der Waals surface area contributed by atoms with Crippen molar-refractivity contribution in [1.29, 1.82) is 0 Å². The first-order chi connectivity index (χ1) is 17.3. The van der Waals surface area contributed by atoms with E-state index in [-0.39, 0.29) is 24.7 Å². The average Bonchev–Trinajstić information content (AvgIpc) is 3.41. The molecule has 3 rings (SSSR count). The molecule has 5 N–H and O–H groups in total. The summed E-state index contributed by atoms with van der Waals surface area (Å²) in [5, 5.41) is 17.7. The fourth-order valence-corrected chi connectivity index (χ4v) is 5.05. The van der Waals surface area contributed by atoms with Gasteiger partial charge in [0, 0.05) is 18.9 Å². The van der Waals surface area contributed by atoms with Crippen molar-refractivity contribution in [3.05, 3.63) is 35.6 Å². The maximum Gasteiger partial charge on any atom is 0.408 e. The van der Waals surface area contributed by atoms with Crippen molar-refractivity contribution >= 4 is 28.0 Å². The molecule has 0 bridgehead atoms. The number of benzene rings is 1. The van der Waals surface area contributed by atoms with Gasteiger partial charge in [-0.15, -0.1) is 0 Å². The first-order valence-electron chi connectivity index (χ1n) is 12.2. The van der Waals surface area contributed by atoms with Gasteiger partial charge in [0.05, 0.1) is 6.04 Å². The molecule has 13 heteroatoms. The van der Waals surface area contributed by atoms with E-state index in [1.165, 1.54) is 12.1 Å². The van der Waals surface area contributed by atoms with Crippen LogP contribution >= 0.6 is 0 Å². The van der Waals surface area contributed by atoms with Crippen molar-refractivity contribution in [1.82, 2.24) is 16.0 Å². The molecule has 0 radical (unpaired) electrons. The summed E-state index contributed by atoms with van der Waals surface area (Å²) in [7, 11) is -4.96. The number of hydrogen-bond donors (Lipinski definition) is 5. The molecule has 1 aliphatic carbocycles. The van der Waals surface area contributed by atoms with Gasteiger partial charge < -0.3 is 25.8 Å². The summed E-state index contributed by atoms with van der Waals surface area (Å²) in [5.41, 5.74) is -2.51. The van der Waals surface area contributed by atoms with Crippen LogP contribution in [-0.4, -0.2) is 65.7 Å². The molecule has 2 aliphatic rings. The molecule has 37 heavy (non-hydrogen) atoms. The second-order valence-corrected chi connectivity index (χ2v) is 11.8. The Morgan fingerprint density at radius 1 is 1.27 bits per heavy atom. The molecule has 0 spiro atoms. The molecule has 0 aromatic heterocycles. The number of nitrogens with one attached hydrogen (secondary N) is 3. The van der Waals surface area contributed by atoms with Gasteiger partial charge in [-0.05, 0) is 55.7 Å². The molecule has 3 amide bonds. The number of aliphatic hydroxyl groups excluding tert-OH is 1. The first-order valence-corrected chi connectivity index (χ1v) is 13.7. The van der Waals surface area contributed by atoms with Crippen LogP contribution in [0.15, 0.2) is 24.3 Å². The lowest BCUT2D eigenvalue weighted by molar-refractivity contribution is -0.126. The lowest BCUT2D eigenvalue weighted by atomic mass is 9.97. The Morgan fingerprint density at radius 3 is 2.51 bits per heavy atom. The number of hydrogen-bond acceptors (Lipinski definition) is 7. The highest BCUT2D eigenvalue weighted by Crippen LogP contribution is 2.42. The molecule has 1 heterocycles. The highest BCUT2D eigenvalue weighted by molar-refractivity contribution is 7.86. The van der Waals surface area contributed by atoms with Crippen molar-refractivity contribution in [3.63, 3.8) is 0 Å². The van der Waals surface area contributed by atoms with Crippen molar-refractivity contribution in [2.24, 2.45) is 11.8 Å². The minimum absolute atomic E-state index is 0.0659. The number of amides is 3. The Balaban J connectivity index is 1.68. The van der Waals surface area contributed by atoms with Crippen LogP contribution in [0.4, 0.5) is 9.18 Å². The van der Waals surface area contributed by atoms with Gasteiger partial charge in [0.25, 0.3) is 10.1 Å². The van der Waals surface area contributed by atoms with E-state index in [0.717, 1.165) is 0 Å². The van der Waals surface area contributed by atoms with Gasteiger partial charge in [0.15, 0.2) is 0 Å². The Hall–Kier alpha value is -2.77. The second kappa shape index (κ2) is 11.7. The third-order valence-electron chi connectivity index (χ3n) is 6.53. The van der Waals surface area contributed by atoms with Crippen LogP contribution in [0, 0.1) is 17.7 Å². The summed E-state index contributed by atoms with van der Waals surface area (Å²) in [6.07, 6.45) is 0.901. The monoisotopic (exact) mass is 543 g/mol. The molecule has 2 fully saturated rings. The van der Waals surface area contributed by atoms with Crippen LogP contribution < -0.4 is 16.0 Å². The van der Waals surface area contributed by atoms with Gasteiger partial charge in [-0.3, -0.25) is 14.1 Å². The summed E-state index contributed by atoms with van der Waals surface area (Å²) < 4.78 is 51.7. The van der Waals surface area contributed by atoms with Crippen LogP contribution in [0.1, 0.15) is 51.5 Å². The predicted octanol–water partition coefficient (Wildman–Crippen LogP) is 1.26. The second-order valence-electron chi connectivity index (χ2n) is 10.2. The van der Waals surface area contributed by atoms with E-state index in [1.807, 2.05) is 13.8 Å². The predicted molar refractivity (Wildman–Crippen MR) is 130 cm³/mol. The number of carbonyl (C=O) groups excluding carboxylic acids is 3. The molecule has 1 aromatic rings. The van der Waals surface area contributed by atoms with E-state index in [0.29, 0.717) is 37.8 Å². The molecule has 1 aromatic carbocycles. The van der Waals surface area contributed by atoms with Crippen molar-refractivity contribution in [2.75, 3.05) is 6.54 Å². The Kier molecular flexibility index (Phi) is 9.13. The van der Waals surface area contributed by atoms with E-state index >= 15 is 0 Å². The number of carbonyl (C=O) groups is 3. The number of ether oxygens (including phenoxy) is 1. The Labute approximate surface area is 215 Å². The maximum atomic E-state index is 13.5. The van der Waals surface area contributed by atoms with E-state index in [9.17, 15) is 36.9 Å². The fraction of sp³-hybridized carbons (Fsp3) is 0.625. The van der Waals surface area contributed by atoms with Crippen LogP contribution in [0.5, 0.6) is 0 Å². The molecule has 206 valence electrons. The molecule has 1 saturated carbocycles. The Morgan fingerprint density at radius 2 is 1.97 bits per heavy atom. The number of halogens is 1. The van der Waals surface area contributed by atoms with Crippen LogP contribution in [0.2, 0.25) is 0 Å². The minimum atomic E-state index is -4.96. The van der Waals surface area contributed by atoms with Crippen LogP contribution in [0.25, 0.3) is 0 Å².